The van der Waals surface area contributed by atoms with Crippen molar-refractivity contribution in [1.82, 2.24) is 20.2 Å². The maximum atomic E-state index is 12.0. The number of rotatable bonds is 7. The number of nitrogens with one attached hydrogen (secondary N) is 1. The Labute approximate surface area is 170 Å². The van der Waals surface area contributed by atoms with Gasteiger partial charge in [0.05, 0.1) is 12.0 Å². The smallest absolute Gasteiger partial charge is 0.250 e. The second kappa shape index (κ2) is 9.48. The van der Waals surface area contributed by atoms with E-state index in [0.717, 1.165) is 28.0 Å². The summed E-state index contributed by atoms with van der Waals surface area (Å²) in [5.41, 5.74) is 4.44. The highest BCUT2D eigenvalue weighted by atomic mass is 79.9. The van der Waals surface area contributed by atoms with Crippen LogP contribution < -0.4 is 5.43 Å². The van der Waals surface area contributed by atoms with E-state index in [4.69, 9.17) is 0 Å². The van der Waals surface area contributed by atoms with E-state index in [9.17, 15) is 4.79 Å². The minimum atomic E-state index is -0.194. The van der Waals surface area contributed by atoms with Crippen LogP contribution in [0.2, 0.25) is 0 Å². The Morgan fingerprint density at radius 3 is 2.63 bits per heavy atom. The zero-order valence-corrected chi connectivity index (χ0v) is 17.1. The molecule has 0 unspecified atom stereocenters. The third-order valence-corrected chi connectivity index (χ3v) is 5.17. The monoisotopic (exact) mass is 443 g/mol. The fourth-order valence-corrected chi connectivity index (χ4v) is 3.43. The van der Waals surface area contributed by atoms with Crippen molar-refractivity contribution in [2.45, 2.75) is 18.6 Å². The van der Waals surface area contributed by atoms with E-state index >= 15 is 0 Å². The van der Waals surface area contributed by atoms with Gasteiger partial charge in [-0.25, -0.2) is 5.43 Å². The molecule has 1 N–H and O–H groups in total. The molecule has 0 aliphatic carbocycles. The Morgan fingerprint density at radius 1 is 1.19 bits per heavy atom. The summed E-state index contributed by atoms with van der Waals surface area (Å²) in [6, 6.07) is 17.5. The van der Waals surface area contributed by atoms with Crippen LogP contribution in [-0.2, 0) is 11.3 Å². The molecule has 0 spiro atoms. The average molecular weight is 444 g/mol. The number of hydrazone groups is 1. The number of amides is 1. The molecule has 0 aliphatic rings. The summed E-state index contributed by atoms with van der Waals surface area (Å²) in [6.07, 6.45) is 1.61. The van der Waals surface area contributed by atoms with Gasteiger partial charge in [-0.05, 0) is 24.6 Å². The van der Waals surface area contributed by atoms with Crippen LogP contribution in [0.5, 0.6) is 0 Å². The molecule has 0 fully saturated rings. The van der Waals surface area contributed by atoms with Gasteiger partial charge >= 0.3 is 0 Å². The fourth-order valence-electron chi connectivity index (χ4n) is 2.37. The van der Waals surface area contributed by atoms with E-state index in [1.165, 1.54) is 11.8 Å². The molecular formula is C19H18BrN5OS. The van der Waals surface area contributed by atoms with Gasteiger partial charge in [-0.15, -0.1) is 10.2 Å². The van der Waals surface area contributed by atoms with Crippen LogP contribution in [0.3, 0.4) is 0 Å². The van der Waals surface area contributed by atoms with E-state index in [0.29, 0.717) is 5.16 Å². The number of nitrogens with zero attached hydrogens (tertiary/aromatic N) is 4. The van der Waals surface area contributed by atoms with Crippen molar-refractivity contribution in [1.29, 1.82) is 0 Å². The van der Waals surface area contributed by atoms with E-state index in [-0.39, 0.29) is 11.7 Å². The third kappa shape index (κ3) is 5.27. The summed E-state index contributed by atoms with van der Waals surface area (Å²) < 4.78 is 2.99. The van der Waals surface area contributed by atoms with Crippen LogP contribution in [0, 0.1) is 0 Å². The van der Waals surface area contributed by atoms with Crippen LogP contribution in [0.4, 0.5) is 0 Å². The average Bonchev–Trinajstić information content (AvgIpc) is 3.11. The Morgan fingerprint density at radius 2 is 1.93 bits per heavy atom. The minimum Gasteiger partial charge on any atom is -0.302 e. The molecule has 0 saturated carbocycles. The number of aromatic nitrogens is 3. The molecule has 2 aromatic carbocycles. The molecule has 1 amide bonds. The van der Waals surface area contributed by atoms with Crippen molar-refractivity contribution in [3.05, 3.63) is 64.6 Å². The number of hydrogen-bond donors (Lipinski definition) is 1. The SMILES string of the molecule is CCn1c(SCC(=O)NN=Cc2ccc(Br)cc2)nnc1-c1ccccc1. The summed E-state index contributed by atoms with van der Waals surface area (Å²) in [5, 5.41) is 13.2. The maximum absolute atomic E-state index is 12.0. The first-order valence-corrected chi connectivity index (χ1v) is 10.1. The second-order valence-electron chi connectivity index (χ2n) is 5.55. The quantitative estimate of drug-likeness (QED) is 0.340. The maximum Gasteiger partial charge on any atom is 0.250 e. The van der Waals surface area contributed by atoms with Crippen molar-refractivity contribution in [2.75, 3.05) is 5.75 Å². The van der Waals surface area contributed by atoms with Crippen molar-refractivity contribution in [3.63, 3.8) is 0 Å². The Bertz CT molecular complexity index is 925. The highest BCUT2D eigenvalue weighted by Crippen LogP contribution is 2.23. The lowest BCUT2D eigenvalue weighted by molar-refractivity contribution is -0.118. The van der Waals surface area contributed by atoms with Gasteiger partial charge in [0.25, 0.3) is 5.91 Å². The number of carbonyl (C=O) groups is 1. The lowest BCUT2D eigenvalue weighted by atomic mass is 10.2. The number of carbonyl (C=O) groups excluding carboxylic acids is 1. The van der Waals surface area contributed by atoms with Gasteiger partial charge in [0, 0.05) is 16.6 Å². The molecule has 3 aromatic rings. The summed E-state index contributed by atoms with van der Waals surface area (Å²) in [5.74, 6) is 0.819. The van der Waals surface area contributed by atoms with Crippen LogP contribution in [0.15, 0.2) is 69.3 Å². The van der Waals surface area contributed by atoms with Crippen molar-refractivity contribution in [3.8, 4) is 11.4 Å². The molecule has 0 atom stereocenters. The highest BCUT2D eigenvalue weighted by molar-refractivity contribution is 9.10. The van der Waals surface area contributed by atoms with Crippen molar-refractivity contribution in [2.24, 2.45) is 5.10 Å². The molecule has 0 bridgehead atoms. The van der Waals surface area contributed by atoms with Gasteiger partial charge < -0.3 is 4.57 Å². The number of thioether (sulfide) groups is 1. The van der Waals surface area contributed by atoms with E-state index in [1.54, 1.807) is 6.21 Å². The number of hydrogen-bond acceptors (Lipinski definition) is 5. The van der Waals surface area contributed by atoms with Gasteiger partial charge in [0.15, 0.2) is 11.0 Å². The van der Waals surface area contributed by atoms with Gasteiger partial charge in [-0.3, -0.25) is 4.79 Å². The van der Waals surface area contributed by atoms with Gasteiger partial charge in [0.2, 0.25) is 0 Å². The molecule has 0 radical (unpaired) electrons. The summed E-state index contributed by atoms with van der Waals surface area (Å²) in [4.78, 5) is 12.0. The van der Waals surface area contributed by atoms with Gasteiger partial charge in [-0.1, -0.05) is 70.2 Å². The summed E-state index contributed by atoms with van der Waals surface area (Å²) >= 11 is 4.72. The topological polar surface area (TPSA) is 72.2 Å². The first-order valence-electron chi connectivity index (χ1n) is 8.36. The molecule has 1 heterocycles. The molecular weight excluding hydrogens is 426 g/mol. The molecule has 27 heavy (non-hydrogen) atoms. The lowest BCUT2D eigenvalue weighted by Crippen LogP contribution is -2.20. The molecule has 0 aliphatic heterocycles. The van der Waals surface area contributed by atoms with Gasteiger partial charge in [0.1, 0.15) is 0 Å². The highest BCUT2D eigenvalue weighted by Gasteiger charge is 2.14. The zero-order valence-electron chi connectivity index (χ0n) is 14.7. The van der Waals surface area contributed by atoms with E-state index < -0.39 is 0 Å². The summed E-state index contributed by atoms with van der Waals surface area (Å²) in [6.45, 7) is 2.76. The first kappa shape index (κ1) is 19.3. The second-order valence-corrected chi connectivity index (χ2v) is 7.41. The van der Waals surface area contributed by atoms with Gasteiger partial charge in [-0.2, -0.15) is 5.10 Å². The number of halogens is 1. The van der Waals surface area contributed by atoms with E-state index in [1.807, 2.05) is 66.1 Å². The predicted octanol–water partition coefficient (Wildman–Crippen LogP) is 3.97. The molecule has 138 valence electrons. The van der Waals surface area contributed by atoms with Crippen LogP contribution in [-0.4, -0.2) is 32.6 Å². The van der Waals surface area contributed by atoms with Crippen LogP contribution in [0.25, 0.3) is 11.4 Å². The Balaban J connectivity index is 1.57. The molecule has 6 nitrogen and oxygen atoms in total. The van der Waals surface area contributed by atoms with Crippen molar-refractivity contribution >= 4 is 39.8 Å². The van der Waals surface area contributed by atoms with Crippen LogP contribution >= 0.6 is 27.7 Å². The molecule has 8 heteroatoms. The molecule has 0 saturated heterocycles. The largest absolute Gasteiger partial charge is 0.302 e. The third-order valence-electron chi connectivity index (χ3n) is 3.67. The normalized spacial score (nSPS) is 11.0. The minimum absolute atomic E-state index is 0.194. The lowest BCUT2D eigenvalue weighted by Gasteiger charge is -2.06. The van der Waals surface area contributed by atoms with Crippen LogP contribution in [0.1, 0.15) is 12.5 Å². The Hall–Kier alpha value is -2.45. The molecule has 1 aromatic heterocycles. The fraction of sp³-hybridized carbons (Fsp3) is 0.158. The number of benzene rings is 2. The molecule has 3 rings (SSSR count). The zero-order chi connectivity index (χ0) is 19.1. The summed E-state index contributed by atoms with van der Waals surface area (Å²) in [7, 11) is 0. The Kier molecular flexibility index (Phi) is 6.78. The van der Waals surface area contributed by atoms with E-state index in [2.05, 4.69) is 36.7 Å². The standard InChI is InChI=1S/C19H18BrN5OS/c1-2-25-18(15-6-4-3-5-7-15)23-24-19(25)27-13-17(26)22-21-12-14-8-10-16(20)11-9-14/h3-12H,2,13H2,1H3,(H,22,26). The predicted molar refractivity (Wildman–Crippen MR) is 112 cm³/mol. The first-order chi connectivity index (χ1) is 13.2. The van der Waals surface area contributed by atoms with Crippen molar-refractivity contribution < 1.29 is 4.79 Å².